The number of nitrogens with one attached hydrogen (secondary N) is 1. The summed E-state index contributed by atoms with van der Waals surface area (Å²) in [6.07, 6.45) is 15.2. The minimum Gasteiger partial charge on any atom is -0.493 e. The smallest absolute Gasteiger partial charge is 0.290 e. The third kappa shape index (κ3) is 4.28. The van der Waals surface area contributed by atoms with Crippen LogP contribution in [-0.2, 0) is 9.53 Å². The molecule has 3 aliphatic rings. The van der Waals surface area contributed by atoms with Crippen LogP contribution in [0.1, 0.15) is 45.4 Å². The van der Waals surface area contributed by atoms with E-state index < -0.39 is 0 Å². The van der Waals surface area contributed by atoms with Crippen LogP contribution in [0.4, 0.5) is 4.79 Å². The first-order valence-corrected chi connectivity index (χ1v) is 9.12. The standard InChI is InChI=1S/C18H23NO3S/c1-18(8-3-2-4-9-18)12-22-14-7-5-6-13(10-14)11-15-16(20)19-17(21)23-15/h5,7,10-11,13H,2-4,6,8-9,12H2,1H3,(H,19,20,21)/b15-11-. The summed E-state index contributed by atoms with van der Waals surface area (Å²) < 4.78 is 6.04. The van der Waals surface area contributed by atoms with Crippen molar-refractivity contribution in [3.05, 3.63) is 35.0 Å². The fourth-order valence-corrected chi connectivity index (χ4v) is 4.06. The number of ether oxygens (including phenoxy) is 1. The second kappa shape index (κ2) is 6.95. The van der Waals surface area contributed by atoms with Gasteiger partial charge in [-0.1, -0.05) is 38.3 Å². The number of rotatable bonds is 4. The Labute approximate surface area is 141 Å². The normalized spacial score (nSPS) is 28.7. The highest BCUT2D eigenvalue weighted by atomic mass is 32.2. The maximum absolute atomic E-state index is 11.6. The number of carbonyl (C=O) groups excluding carboxylic acids is 2. The second-order valence-corrected chi connectivity index (χ2v) is 7.92. The van der Waals surface area contributed by atoms with Crippen molar-refractivity contribution in [2.24, 2.45) is 11.3 Å². The molecule has 2 aliphatic carbocycles. The quantitative estimate of drug-likeness (QED) is 0.779. The van der Waals surface area contributed by atoms with Gasteiger partial charge >= 0.3 is 0 Å². The average molecular weight is 333 g/mol. The first-order chi connectivity index (χ1) is 11.0. The van der Waals surface area contributed by atoms with E-state index >= 15 is 0 Å². The van der Waals surface area contributed by atoms with Gasteiger partial charge in [0.25, 0.3) is 11.1 Å². The van der Waals surface area contributed by atoms with E-state index in [1.807, 2.05) is 12.2 Å². The highest BCUT2D eigenvalue weighted by Crippen LogP contribution is 2.37. The molecule has 1 saturated heterocycles. The number of hydrogen-bond acceptors (Lipinski definition) is 4. The molecule has 5 heteroatoms. The van der Waals surface area contributed by atoms with E-state index in [1.165, 1.54) is 32.1 Å². The van der Waals surface area contributed by atoms with Gasteiger partial charge in [0.1, 0.15) is 5.76 Å². The van der Waals surface area contributed by atoms with Crippen molar-refractivity contribution in [3.63, 3.8) is 0 Å². The fraction of sp³-hybridized carbons (Fsp3) is 0.556. The van der Waals surface area contributed by atoms with E-state index in [2.05, 4.69) is 24.4 Å². The van der Waals surface area contributed by atoms with Gasteiger partial charge in [0, 0.05) is 11.3 Å². The van der Waals surface area contributed by atoms with Gasteiger partial charge in [-0.3, -0.25) is 14.9 Å². The molecule has 3 rings (SSSR count). The lowest BCUT2D eigenvalue weighted by molar-refractivity contribution is -0.115. The number of hydrogen-bond donors (Lipinski definition) is 1. The molecule has 4 nitrogen and oxygen atoms in total. The summed E-state index contributed by atoms with van der Waals surface area (Å²) in [7, 11) is 0. The Balaban J connectivity index is 1.60. The van der Waals surface area contributed by atoms with Crippen LogP contribution in [0.2, 0.25) is 0 Å². The maximum Gasteiger partial charge on any atom is 0.290 e. The van der Waals surface area contributed by atoms with Crippen LogP contribution in [-0.4, -0.2) is 17.8 Å². The Morgan fingerprint density at radius 1 is 1.35 bits per heavy atom. The number of thioether (sulfide) groups is 1. The van der Waals surface area contributed by atoms with Crippen LogP contribution < -0.4 is 5.32 Å². The molecule has 0 aromatic rings. The molecule has 0 spiro atoms. The molecular formula is C18H23NO3S. The summed E-state index contributed by atoms with van der Waals surface area (Å²) in [5, 5.41) is 1.99. The summed E-state index contributed by atoms with van der Waals surface area (Å²) in [4.78, 5) is 23.3. The average Bonchev–Trinajstić information content (AvgIpc) is 2.84. The van der Waals surface area contributed by atoms with Gasteiger partial charge in [-0.15, -0.1) is 0 Å². The molecule has 1 heterocycles. The van der Waals surface area contributed by atoms with Crippen LogP contribution in [0.15, 0.2) is 35.0 Å². The van der Waals surface area contributed by atoms with Crippen molar-refractivity contribution < 1.29 is 14.3 Å². The van der Waals surface area contributed by atoms with E-state index in [0.717, 1.165) is 30.5 Å². The molecule has 2 amide bonds. The third-order valence-electron chi connectivity index (χ3n) is 4.72. The van der Waals surface area contributed by atoms with Gasteiger partial charge in [-0.05, 0) is 43.2 Å². The molecular weight excluding hydrogens is 310 g/mol. The molecule has 23 heavy (non-hydrogen) atoms. The van der Waals surface area contributed by atoms with Crippen molar-refractivity contribution in [2.75, 3.05) is 6.61 Å². The zero-order valence-corrected chi connectivity index (χ0v) is 14.3. The topological polar surface area (TPSA) is 55.4 Å². The molecule has 1 aliphatic heterocycles. The molecule has 1 N–H and O–H groups in total. The summed E-state index contributed by atoms with van der Waals surface area (Å²) in [6.45, 7) is 3.06. The number of imide groups is 1. The summed E-state index contributed by atoms with van der Waals surface area (Å²) >= 11 is 0.971. The van der Waals surface area contributed by atoms with Crippen molar-refractivity contribution in [3.8, 4) is 0 Å². The van der Waals surface area contributed by atoms with Gasteiger partial charge in [0.15, 0.2) is 0 Å². The van der Waals surface area contributed by atoms with E-state index in [1.54, 1.807) is 0 Å². The lowest BCUT2D eigenvalue weighted by Crippen LogP contribution is -2.26. The zero-order valence-electron chi connectivity index (χ0n) is 13.5. The van der Waals surface area contributed by atoms with Crippen LogP contribution in [0.5, 0.6) is 0 Å². The Kier molecular flexibility index (Phi) is 4.95. The lowest BCUT2D eigenvalue weighted by Gasteiger charge is -2.33. The van der Waals surface area contributed by atoms with Gasteiger partial charge in [-0.2, -0.15) is 0 Å². The zero-order chi connectivity index (χ0) is 16.3. The molecule has 1 saturated carbocycles. The Morgan fingerprint density at radius 3 is 2.83 bits per heavy atom. The molecule has 124 valence electrons. The second-order valence-electron chi connectivity index (χ2n) is 6.91. The monoisotopic (exact) mass is 333 g/mol. The number of allylic oxidation sites excluding steroid dienone is 4. The number of amides is 2. The van der Waals surface area contributed by atoms with Crippen molar-refractivity contribution in [1.82, 2.24) is 5.32 Å². The van der Waals surface area contributed by atoms with Gasteiger partial charge in [0.2, 0.25) is 0 Å². The first-order valence-electron chi connectivity index (χ1n) is 8.30. The molecule has 1 unspecified atom stereocenters. The van der Waals surface area contributed by atoms with E-state index in [4.69, 9.17) is 4.74 Å². The highest BCUT2D eigenvalue weighted by molar-refractivity contribution is 8.18. The largest absolute Gasteiger partial charge is 0.493 e. The molecule has 2 fully saturated rings. The molecule has 0 aromatic heterocycles. The van der Waals surface area contributed by atoms with Gasteiger partial charge < -0.3 is 4.74 Å². The van der Waals surface area contributed by atoms with Crippen molar-refractivity contribution >= 4 is 22.9 Å². The Hall–Kier alpha value is -1.49. The minimum absolute atomic E-state index is 0.105. The highest BCUT2D eigenvalue weighted by Gasteiger charge is 2.28. The van der Waals surface area contributed by atoms with Crippen LogP contribution >= 0.6 is 11.8 Å². The summed E-state index contributed by atoms with van der Waals surface area (Å²) in [5.41, 5.74) is 0.284. The first kappa shape index (κ1) is 16.4. The lowest BCUT2D eigenvalue weighted by atomic mass is 9.76. The Bertz CT molecular complexity index is 585. The molecule has 1 atom stereocenters. The summed E-state index contributed by atoms with van der Waals surface area (Å²) in [5.74, 6) is 0.688. The van der Waals surface area contributed by atoms with Crippen LogP contribution in [0, 0.1) is 11.3 Å². The van der Waals surface area contributed by atoms with Crippen molar-refractivity contribution in [2.45, 2.75) is 45.4 Å². The van der Waals surface area contributed by atoms with Crippen molar-refractivity contribution in [1.29, 1.82) is 0 Å². The predicted molar refractivity (Wildman–Crippen MR) is 91.7 cm³/mol. The van der Waals surface area contributed by atoms with E-state index in [-0.39, 0.29) is 22.5 Å². The van der Waals surface area contributed by atoms with E-state index in [0.29, 0.717) is 4.91 Å². The van der Waals surface area contributed by atoms with E-state index in [9.17, 15) is 9.59 Å². The summed E-state index contributed by atoms with van der Waals surface area (Å²) in [6, 6.07) is 0. The molecule has 0 radical (unpaired) electrons. The van der Waals surface area contributed by atoms with Crippen LogP contribution in [0.25, 0.3) is 0 Å². The predicted octanol–water partition coefficient (Wildman–Crippen LogP) is 4.30. The molecule has 0 bridgehead atoms. The fourth-order valence-electron chi connectivity index (χ4n) is 3.33. The van der Waals surface area contributed by atoms with Crippen LogP contribution in [0.3, 0.4) is 0 Å². The maximum atomic E-state index is 11.6. The number of carbonyl (C=O) groups is 2. The Morgan fingerprint density at radius 2 is 2.13 bits per heavy atom. The SMILES string of the molecule is CC1(COC2=CC(/C=C3\SC(=O)NC3=O)CC=C2)CCCCC1. The third-order valence-corrected chi connectivity index (χ3v) is 5.55. The minimum atomic E-state index is -0.293. The van der Waals surface area contributed by atoms with Gasteiger partial charge in [0.05, 0.1) is 11.5 Å². The molecule has 0 aromatic carbocycles. The van der Waals surface area contributed by atoms with Gasteiger partial charge in [-0.25, -0.2) is 0 Å².